The number of carbonyl (C=O) groups is 2. The second kappa shape index (κ2) is 2.48. The summed E-state index contributed by atoms with van der Waals surface area (Å²) >= 11 is 0. The lowest BCUT2D eigenvalue weighted by Crippen LogP contribution is -2.25. The Kier molecular flexibility index (Phi) is 1.46. The maximum Gasteiger partial charge on any atom is 0.331 e. The van der Waals surface area contributed by atoms with Crippen LogP contribution in [0.4, 0.5) is 0 Å². The smallest absolute Gasteiger partial charge is 0.331 e. The fraction of sp³-hybridized carbons (Fsp3) is 0.250. The van der Waals surface area contributed by atoms with Crippen molar-refractivity contribution in [1.29, 1.82) is 0 Å². The molecule has 4 nitrogen and oxygen atoms in total. The van der Waals surface area contributed by atoms with Gasteiger partial charge in [0.25, 0.3) is 0 Å². The highest BCUT2D eigenvalue weighted by Crippen LogP contribution is 2.17. The SMILES string of the molecule is O=C1C=CC(C2C=CC(=O)O2)O1. The summed E-state index contributed by atoms with van der Waals surface area (Å²) in [4.78, 5) is 21.2. The van der Waals surface area contributed by atoms with E-state index in [9.17, 15) is 9.59 Å². The number of hydrogen-bond donors (Lipinski definition) is 0. The third-order valence-corrected chi connectivity index (χ3v) is 1.67. The van der Waals surface area contributed by atoms with Crippen LogP contribution in [-0.2, 0) is 19.1 Å². The Morgan fingerprint density at radius 1 is 0.917 bits per heavy atom. The van der Waals surface area contributed by atoms with Crippen molar-refractivity contribution in [3.8, 4) is 0 Å². The lowest BCUT2D eigenvalue weighted by atomic mass is 10.2. The van der Waals surface area contributed by atoms with Crippen LogP contribution in [0.1, 0.15) is 0 Å². The van der Waals surface area contributed by atoms with Gasteiger partial charge in [-0.3, -0.25) is 0 Å². The molecule has 62 valence electrons. The van der Waals surface area contributed by atoms with Crippen LogP contribution >= 0.6 is 0 Å². The number of cyclic esters (lactones) is 2. The zero-order valence-electron chi connectivity index (χ0n) is 6.10. The van der Waals surface area contributed by atoms with Crippen molar-refractivity contribution in [2.24, 2.45) is 0 Å². The Balaban J connectivity index is 2.04. The molecule has 2 heterocycles. The molecule has 0 fully saturated rings. The van der Waals surface area contributed by atoms with E-state index in [-0.39, 0.29) is 0 Å². The standard InChI is InChI=1S/C8H6O4/c9-7-3-1-5(11-7)6-2-4-8(10)12-6/h1-6H. The molecule has 0 spiro atoms. The van der Waals surface area contributed by atoms with Crippen molar-refractivity contribution < 1.29 is 19.1 Å². The van der Waals surface area contributed by atoms with Crippen LogP contribution < -0.4 is 0 Å². The van der Waals surface area contributed by atoms with E-state index in [0.29, 0.717) is 0 Å². The van der Waals surface area contributed by atoms with Crippen LogP contribution in [0.2, 0.25) is 0 Å². The molecule has 2 unspecified atom stereocenters. The summed E-state index contributed by atoms with van der Waals surface area (Å²) in [6.07, 6.45) is 4.92. The van der Waals surface area contributed by atoms with Crippen molar-refractivity contribution in [2.75, 3.05) is 0 Å². The van der Waals surface area contributed by atoms with Gasteiger partial charge in [0.2, 0.25) is 0 Å². The lowest BCUT2D eigenvalue weighted by Gasteiger charge is -2.13. The molecule has 4 heteroatoms. The van der Waals surface area contributed by atoms with Crippen molar-refractivity contribution in [3.05, 3.63) is 24.3 Å². The third kappa shape index (κ3) is 1.11. The van der Waals surface area contributed by atoms with Crippen LogP contribution in [-0.4, -0.2) is 24.1 Å². The van der Waals surface area contributed by atoms with Gasteiger partial charge in [0, 0.05) is 12.2 Å². The predicted molar refractivity (Wildman–Crippen MR) is 38.0 cm³/mol. The van der Waals surface area contributed by atoms with Crippen LogP contribution in [0.25, 0.3) is 0 Å². The van der Waals surface area contributed by atoms with Crippen LogP contribution in [0, 0.1) is 0 Å². The minimum absolute atomic E-state index is 0.392. The monoisotopic (exact) mass is 166 g/mol. The molecule has 0 aliphatic carbocycles. The summed E-state index contributed by atoms with van der Waals surface area (Å²) in [7, 11) is 0. The van der Waals surface area contributed by atoms with E-state index < -0.39 is 24.1 Å². The van der Waals surface area contributed by atoms with Gasteiger partial charge in [-0.15, -0.1) is 0 Å². The Morgan fingerprint density at radius 2 is 1.33 bits per heavy atom. The third-order valence-electron chi connectivity index (χ3n) is 1.67. The molecule has 12 heavy (non-hydrogen) atoms. The predicted octanol–water partition coefficient (Wildman–Crippen LogP) is -0.0504. The van der Waals surface area contributed by atoms with E-state index in [1.54, 1.807) is 12.2 Å². The maximum absolute atomic E-state index is 10.6. The molecule has 0 amide bonds. The van der Waals surface area contributed by atoms with Gasteiger partial charge in [0.15, 0.2) is 12.2 Å². The molecule has 0 radical (unpaired) electrons. The number of ether oxygens (including phenoxy) is 2. The van der Waals surface area contributed by atoms with E-state index in [1.807, 2.05) is 0 Å². The molecule has 2 rings (SSSR count). The van der Waals surface area contributed by atoms with Crippen molar-refractivity contribution in [1.82, 2.24) is 0 Å². The summed E-state index contributed by atoms with van der Waals surface area (Å²) in [5.41, 5.74) is 0. The van der Waals surface area contributed by atoms with Crippen molar-refractivity contribution in [2.45, 2.75) is 12.2 Å². The summed E-state index contributed by atoms with van der Waals surface area (Å²) in [6, 6.07) is 0. The van der Waals surface area contributed by atoms with Gasteiger partial charge in [0.1, 0.15) is 0 Å². The molecule has 0 aromatic carbocycles. The van der Waals surface area contributed by atoms with Gasteiger partial charge >= 0.3 is 11.9 Å². The van der Waals surface area contributed by atoms with Crippen LogP contribution in [0.15, 0.2) is 24.3 Å². The van der Waals surface area contributed by atoms with Gasteiger partial charge < -0.3 is 9.47 Å². The van der Waals surface area contributed by atoms with Crippen LogP contribution in [0.3, 0.4) is 0 Å². The quantitative estimate of drug-likeness (QED) is 0.512. The molecule has 0 bridgehead atoms. The fourth-order valence-electron chi connectivity index (χ4n) is 1.13. The summed E-state index contributed by atoms with van der Waals surface area (Å²) in [5, 5.41) is 0. The van der Waals surface area contributed by atoms with Gasteiger partial charge in [-0.2, -0.15) is 0 Å². The minimum Gasteiger partial charge on any atom is -0.451 e. The fourth-order valence-corrected chi connectivity index (χ4v) is 1.13. The minimum atomic E-state index is -0.444. The normalized spacial score (nSPS) is 32.3. The van der Waals surface area contributed by atoms with E-state index in [1.165, 1.54) is 12.2 Å². The second-order valence-corrected chi connectivity index (χ2v) is 2.52. The Morgan fingerprint density at radius 3 is 1.58 bits per heavy atom. The average molecular weight is 166 g/mol. The summed E-state index contributed by atoms with van der Waals surface area (Å²) in [6.45, 7) is 0. The van der Waals surface area contributed by atoms with E-state index in [0.717, 1.165) is 0 Å². The summed E-state index contributed by atoms with van der Waals surface area (Å²) < 4.78 is 9.63. The molecule has 0 aromatic rings. The molecule has 2 aliphatic rings. The molecule has 0 N–H and O–H groups in total. The zero-order valence-corrected chi connectivity index (χ0v) is 6.10. The molecular weight excluding hydrogens is 160 g/mol. The largest absolute Gasteiger partial charge is 0.451 e. The van der Waals surface area contributed by atoms with Gasteiger partial charge in [-0.1, -0.05) is 0 Å². The van der Waals surface area contributed by atoms with E-state index in [4.69, 9.17) is 9.47 Å². The first kappa shape index (κ1) is 7.09. The van der Waals surface area contributed by atoms with E-state index >= 15 is 0 Å². The molecule has 0 aromatic heterocycles. The van der Waals surface area contributed by atoms with Crippen molar-refractivity contribution >= 4 is 11.9 Å². The number of carbonyl (C=O) groups excluding carboxylic acids is 2. The van der Waals surface area contributed by atoms with E-state index in [2.05, 4.69) is 0 Å². The first-order chi connectivity index (χ1) is 5.75. The number of hydrogen-bond acceptors (Lipinski definition) is 4. The van der Waals surface area contributed by atoms with Crippen LogP contribution in [0.5, 0.6) is 0 Å². The second-order valence-electron chi connectivity index (χ2n) is 2.52. The molecular formula is C8H6O4. The molecule has 2 aliphatic heterocycles. The Bertz CT molecular complexity index is 259. The number of rotatable bonds is 1. The maximum atomic E-state index is 10.6. The Labute approximate surface area is 68.5 Å². The van der Waals surface area contributed by atoms with Gasteiger partial charge in [-0.25, -0.2) is 9.59 Å². The Hall–Kier alpha value is -1.58. The highest BCUT2D eigenvalue weighted by molar-refractivity contribution is 5.86. The highest BCUT2D eigenvalue weighted by Gasteiger charge is 2.30. The summed E-state index contributed by atoms with van der Waals surface area (Å²) in [5.74, 6) is -0.785. The van der Waals surface area contributed by atoms with Gasteiger partial charge in [-0.05, 0) is 12.2 Å². The van der Waals surface area contributed by atoms with Gasteiger partial charge in [0.05, 0.1) is 0 Å². The molecule has 2 atom stereocenters. The average Bonchev–Trinajstić information content (AvgIpc) is 2.58. The lowest BCUT2D eigenvalue weighted by molar-refractivity contribution is -0.150. The molecule has 0 saturated heterocycles. The highest BCUT2D eigenvalue weighted by atomic mass is 16.6. The molecule has 0 saturated carbocycles. The first-order valence-corrected chi connectivity index (χ1v) is 3.53. The first-order valence-electron chi connectivity index (χ1n) is 3.53. The topological polar surface area (TPSA) is 52.6 Å². The van der Waals surface area contributed by atoms with Crippen molar-refractivity contribution in [3.63, 3.8) is 0 Å². The number of esters is 2. The zero-order chi connectivity index (χ0) is 8.55.